The first-order valence-electron chi connectivity index (χ1n) is 6.77. The van der Waals surface area contributed by atoms with Crippen LogP contribution in [0.4, 0.5) is 5.69 Å². The van der Waals surface area contributed by atoms with Gasteiger partial charge in [-0.3, -0.25) is 0 Å². The number of anilines is 1. The molecule has 0 aliphatic heterocycles. The standard InChI is InChI=1S/C15H20BrNO3/c1-19-13-5-3-4-10-15(13,14(18)20-2)17-12-8-6-11(16)7-9-12/h6-9,13,17H,3-5,10H2,1-2H3. The molecular weight excluding hydrogens is 322 g/mol. The highest BCUT2D eigenvalue weighted by molar-refractivity contribution is 9.10. The van der Waals surface area contributed by atoms with E-state index in [4.69, 9.17) is 9.47 Å². The zero-order valence-corrected chi connectivity index (χ0v) is 13.4. The van der Waals surface area contributed by atoms with E-state index in [-0.39, 0.29) is 12.1 Å². The summed E-state index contributed by atoms with van der Waals surface area (Å²) in [5.41, 5.74) is 0.0952. The summed E-state index contributed by atoms with van der Waals surface area (Å²) in [6.45, 7) is 0. The molecule has 1 aromatic rings. The average Bonchev–Trinajstić information content (AvgIpc) is 2.49. The Morgan fingerprint density at radius 1 is 1.30 bits per heavy atom. The van der Waals surface area contributed by atoms with E-state index < -0.39 is 5.54 Å². The van der Waals surface area contributed by atoms with E-state index in [2.05, 4.69) is 21.2 Å². The number of benzene rings is 1. The maximum absolute atomic E-state index is 12.4. The molecule has 2 atom stereocenters. The van der Waals surface area contributed by atoms with Gasteiger partial charge in [-0.2, -0.15) is 0 Å². The van der Waals surface area contributed by atoms with Gasteiger partial charge in [0, 0.05) is 17.3 Å². The van der Waals surface area contributed by atoms with Gasteiger partial charge in [-0.1, -0.05) is 28.8 Å². The van der Waals surface area contributed by atoms with Gasteiger partial charge < -0.3 is 14.8 Å². The summed E-state index contributed by atoms with van der Waals surface area (Å²) in [6.07, 6.45) is 3.45. The van der Waals surface area contributed by atoms with E-state index >= 15 is 0 Å². The Balaban J connectivity index is 2.31. The normalized spacial score (nSPS) is 26.1. The molecular formula is C15H20BrNO3. The van der Waals surface area contributed by atoms with Crippen molar-refractivity contribution in [2.45, 2.75) is 37.3 Å². The SMILES string of the molecule is COC(=O)C1(Nc2ccc(Br)cc2)CCCCC1OC. The maximum Gasteiger partial charge on any atom is 0.334 e. The first-order chi connectivity index (χ1) is 9.62. The molecule has 0 heterocycles. The van der Waals surface area contributed by atoms with Crippen molar-refractivity contribution >= 4 is 27.6 Å². The van der Waals surface area contributed by atoms with Crippen molar-refractivity contribution in [2.24, 2.45) is 0 Å². The molecule has 20 heavy (non-hydrogen) atoms. The van der Waals surface area contributed by atoms with E-state index in [0.29, 0.717) is 6.42 Å². The second kappa shape index (κ2) is 6.59. The van der Waals surface area contributed by atoms with E-state index in [9.17, 15) is 4.79 Å². The van der Waals surface area contributed by atoms with Gasteiger partial charge in [0.05, 0.1) is 13.2 Å². The fourth-order valence-electron chi connectivity index (χ4n) is 2.86. The summed E-state index contributed by atoms with van der Waals surface area (Å²) in [5, 5.41) is 3.35. The molecule has 110 valence electrons. The molecule has 1 aliphatic rings. The maximum atomic E-state index is 12.4. The van der Waals surface area contributed by atoms with Crippen molar-refractivity contribution in [3.63, 3.8) is 0 Å². The van der Waals surface area contributed by atoms with Crippen LogP contribution in [0.2, 0.25) is 0 Å². The molecule has 1 fully saturated rings. The second-order valence-corrected chi connectivity index (χ2v) is 5.98. The van der Waals surface area contributed by atoms with Crippen molar-refractivity contribution in [3.8, 4) is 0 Å². The van der Waals surface area contributed by atoms with E-state index in [1.807, 2.05) is 24.3 Å². The smallest absolute Gasteiger partial charge is 0.334 e. The number of rotatable bonds is 4. The van der Waals surface area contributed by atoms with Crippen LogP contribution in [0.3, 0.4) is 0 Å². The quantitative estimate of drug-likeness (QED) is 0.853. The average molecular weight is 342 g/mol. The fourth-order valence-corrected chi connectivity index (χ4v) is 3.12. The number of halogens is 1. The van der Waals surface area contributed by atoms with Gasteiger partial charge in [-0.15, -0.1) is 0 Å². The molecule has 1 N–H and O–H groups in total. The summed E-state index contributed by atoms with van der Waals surface area (Å²) in [5.74, 6) is -0.257. The van der Waals surface area contributed by atoms with Crippen LogP contribution in [-0.4, -0.2) is 31.8 Å². The number of hydrogen-bond donors (Lipinski definition) is 1. The Morgan fingerprint density at radius 2 is 2.00 bits per heavy atom. The number of hydrogen-bond acceptors (Lipinski definition) is 4. The summed E-state index contributed by atoms with van der Waals surface area (Å²) in [7, 11) is 3.08. The van der Waals surface area contributed by atoms with Crippen molar-refractivity contribution in [1.29, 1.82) is 0 Å². The number of esters is 1. The second-order valence-electron chi connectivity index (χ2n) is 5.06. The molecule has 2 unspecified atom stereocenters. The molecule has 0 radical (unpaired) electrons. The van der Waals surface area contributed by atoms with Crippen LogP contribution in [-0.2, 0) is 14.3 Å². The third-order valence-electron chi connectivity index (χ3n) is 3.88. The minimum Gasteiger partial charge on any atom is -0.467 e. The lowest BCUT2D eigenvalue weighted by Gasteiger charge is -2.41. The Labute approximate surface area is 128 Å². The molecule has 0 aromatic heterocycles. The van der Waals surface area contributed by atoms with E-state index in [1.54, 1.807) is 7.11 Å². The van der Waals surface area contributed by atoms with Crippen LogP contribution in [0.5, 0.6) is 0 Å². The monoisotopic (exact) mass is 341 g/mol. The third kappa shape index (κ3) is 2.99. The van der Waals surface area contributed by atoms with Crippen LogP contribution < -0.4 is 5.32 Å². The molecule has 1 aromatic carbocycles. The number of ether oxygens (including phenoxy) is 2. The molecule has 2 rings (SSSR count). The lowest BCUT2D eigenvalue weighted by molar-refractivity contribution is -0.153. The number of nitrogens with one attached hydrogen (secondary N) is 1. The van der Waals surface area contributed by atoms with Gasteiger partial charge in [0.25, 0.3) is 0 Å². The van der Waals surface area contributed by atoms with Crippen LogP contribution in [0.15, 0.2) is 28.7 Å². The Morgan fingerprint density at radius 3 is 2.60 bits per heavy atom. The van der Waals surface area contributed by atoms with E-state index in [1.165, 1.54) is 7.11 Å². The van der Waals surface area contributed by atoms with Gasteiger partial charge >= 0.3 is 5.97 Å². The van der Waals surface area contributed by atoms with Crippen LogP contribution >= 0.6 is 15.9 Å². The Bertz CT molecular complexity index is 463. The summed E-state index contributed by atoms with van der Waals surface area (Å²) >= 11 is 3.41. The number of carbonyl (C=O) groups excluding carboxylic acids is 1. The molecule has 5 heteroatoms. The minimum absolute atomic E-state index is 0.174. The molecule has 0 spiro atoms. The van der Waals surface area contributed by atoms with Crippen molar-refractivity contribution in [2.75, 3.05) is 19.5 Å². The molecule has 0 bridgehead atoms. The highest BCUT2D eigenvalue weighted by Crippen LogP contribution is 2.35. The highest BCUT2D eigenvalue weighted by Gasteiger charge is 2.48. The van der Waals surface area contributed by atoms with Gasteiger partial charge in [0.1, 0.15) is 0 Å². The topological polar surface area (TPSA) is 47.6 Å². The van der Waals surface area contributed by atoms with Gasteiger partial charge in [-0.05, 0) is 37.1 Å². The predicted octanol–water partition coefficient (Wildman–Crippen LogP) is 3.36. The lowest BCUT2D eigenvalue weighted by Crippen LogP contribution is -2.58. The number of methoxy groups -OCH3 is 2. The van der Waals surface area contributed by atoms with Crippen molar-refractivity contribution in [1.82, 2.24) is 0 Å². The molecule has 1 saturated carbocycles. The Hall–Kier alpha value is -1.07. The van der Waals surface area contributed by atoms with Crippen molar-refractivity contribution < 1.29 is 14.3 Å². The van der Waals surface area contributed by atoms with Gasteiger partial charge in [0.15, 0.2) is 5.54 Å². The first-order valence-corrected chi connectivity index (χ1v) is 7.56. The number of carbonyl (C=O) groups is 1. The summed E-state index contributed by atoms with van der Waals surface area (Å²) in [6, 6.07) is 7.77. The summed E-state index contributed by atoms with van der Waals surface area (Å²) in [4.78, 5) is 12.4. The third-order valence-corrected chi connectivity index (χ3v) is 4.41. The molecule has 0 amide bonds. The van der Waals surface area contributed by atoms with Crippen LogP contribution in [0, 0.1) is 0 Å². The van der Waals surface area contributed by atoms with E-state index in [0.717, 1.165) is 29.4 Å². The largest absolute Gasteiger partial charge is 0.467 e. The molecule has 1 aliphatic carbocycles. The zero-order valence-electron chi connectivity index (χ0n) is 11.8. The highest BCUT2D eigenvalue weighted by atomic mass is 79.9. The van der Waals surface area contributed by atoms with Crippen molar-refractivity contribution in [3.05, 3.63) is 28.7 Å². The van der Waals surface area contributed by atoms with Gasteiger partial charge in [0.2, 0.25) is 0 Å². The van der Waals surface area contributed by atoms with Gasteiger partial charge in [-0.25, -0.2) is 4.79 Å². The van der Waals surface area contributed by atoms with Crippen LogP contribution in [0.25, 0.3) is 0 Å². The Kier molecular flexibility index (Phi) is 5.05. The lowest BCUT2D eigenvalue weighted by atomic mass is 9.78. The minimum atomic E-state index is -0.796. The predicted molar refractivity (Wildman–Crippen MR) is 81.8 cm³/mol. The van der Waals surface area contributed by atoms with Crippen LogP contribution in [0.1, 0.15) is 25.7 Å². The molecule has 4 nitrogen and oxygen atoms in total. The fraction of sp³-hybridized carbons (Fsp3) is 0.533. The molecule has 0 saturated heterocycles. The summed E-state index contributed by atoms with van der Waals surface area (Å²) < 4.78 is 11.6. The first kappa shape index (κ1) is 15.3. The zero-order chi connectivity index (χ0) is 14.6.